The first-order valence-electron chi connectivity index (χ1n) is 11.3. The third-order valence-corrected chi connectivity index (χ3v) is 6.24. The minimum atomic E-state index is -0.426. The smallest absolute Gasteiger partial charge is 0.255 e. The van der Waals surface area contributed by atoms with Crippen molar-refractivity contribution in [3.05, 3.63) is 111 Å². The molecule has 7 heteroatoms. The molecule has 2 amide bonds. The molecule has 3 aromatic carbocycles. The SMILES string of the molecule is N#Cc1cccc(NC(=O)Cn2c(=O)cc(C(=O)N3CCc4ccccc4C3)c3ccccc32)c1. The molecule has 1 aromatic heterocycles. The van der Waals surface area contributed by atoms with E-state index in [1.165, 1.54) is 16.2 Å². The number of pyridine rings is 1. The van der Waals surface area contributed by atoms with E-state index in [9.17, 15) is 14.4 Å². The van der Waals surface area contributed by atoms with Crippen molar-refractivity contribution in [3.8, 4) is 6.07 Å². The van der Waals surface area contributed by atoms with Crippen LogP contribution in [0, 0.1) is 11.3 Å². The van der Waals surface area contributed by atoms with E-state index < -0.39 is 11.5 Å². The number of rotatable bonds is 4. The van der Waals surface area contributed by atoms with Crippen LogP contribution < -0.4 is 10.9 Å². The van der Waals surface area contributed by atoms with Crippen LogP contribution in [0.1, 0.15) is 27.0 Å². The van der Waals surface area contributed by atoms with Crippen molar-refractivity contribution < 1.29 is 9.59 Å². The van der Waals surface area contributed by atoms with Crippen molar-refractivity contribution in [3.63, 3.8) is 0 Å². The molecule has 0 atom stereocenters. The molecule has 0 saturated heterocycles. The first-order valence-corrected chi connectivity index (χ1v) is 11.3. The molecule has 1 aliphatic heterocycles. The molecule has 0 unspecified atom stereocenters. The first-order chi connectivity index (χ1) is 17.0. The van der Waals surface area contributed by atoms with E-state index in [2.05, 4.69) is 11.4 Å². The monoisotopic (exact) mass is 462 g/mol. The van der Waals surface area contributed by atoms with Crippen LogP contribution in [0.4, 0.5) is 5.69 Å². The zero-order valence-electron chi connectivity index (χ0n) is 18.9. The average Bonchev–Trinajstić information content (AvgIpc) is 2.89. The van der Waals surface area contributed by atoms with E-state index in [-0.39, 0.29) is 12.5 Å². The standard InChI is InChI=1S/C28H22N4O3/c29-16-19-6-5-9-22(14-19)30-26(33)18-32-25-11-4-3-10-23(25)24(15-27(32)34)28(35)31-13-12-20-7-1-2-8-21(20)17-31/h1-11,14-15H,12-13,17-18H2,(H,30,33). The normalized spacial score (nSPS) is 12.6. The number of anilines is 1. The van der Waals surface area contributed by atoms with Crippen LogP contribution in [0.15, 0.2) is 83.7 Å². The summed E-state index contributed by atoms with van der Waals surface area (Å²) < 4.78 is 1.36. The highest BCUT2D eigenvalue weighted by Gasteiger charge is 2.24. The van der Waals surface area contributed by atoms with Gasteiger partial charge >= 0.3 is 0 Å². The fourth-order valence-corrected chi connectivity index (χ4v) is 4.52. The van der Waals surface area contributed by atoms with Crippen LogP contribution in [-0.4, -0.2) is 27.8 Å². The number of hydrogen-bond acceptors (Lipinski definition) is 4. The van der Waals surface area contributed by atoms with Crippen molar-refractivity contribution in [1.82, 2.24) is 9.47 Å². The van der Waals surface area contributed by atoms with E-state index in [1.807, 2.05) is 30.3 Å². The molecular formula is C28H22N4O3. The molecular weight excluding hydrogens is 440 g/mol. The maximum Gasteiger partial charge on any atom is 0.255 e. The van der Waals surface area contributed by atoms with Crippen LogP contribution in [0.5, 0.6) is 0 Å². The summed E-state index contributed by atoms with van der Waals surface area (Å²) in [6.45, 7) is 0.857. The van der Waals surface area contributed by atoms with Crippen LogP contribution >= 0.6 is 0 Å². The van der Waals surface area contributed by atoms with E-state index in [0.29, 0.717) is 40.8 Å². The summed E-state index contributed by atoms with van der Waals surface area (Å²) in [6, 6.07) is 25.1. The lowest BCUT2D eigenvalue weighted by atomic mass is 9.98. The Morgan fingerprint density at radius 2 is 1.71 bits per heavy atom. The molecule has 1 N–H and O–H groups in total. The van der Waals surface area contributed by atoms with E-state index >= 15 is 0 Å². The third kappa shape index (κ3) is 4.42. The van der Waals surface area contributed by atoms with Crippen molar-refractivity contribution in [2.24, 2.45) is 0 Å². The van der Waals surface area contributed by atoms with Gasteiger partial charge in [0.1, 0.15) is 6.54 Å². The fraction of sp³-hybridized carbons (Fsp3) is 0.143. The van der Waals surface area contributed by atoms with Crippen LogP contribution in [0.25, 0.3) is 10.9 Å². The summed E-state index contributed by atoms with van der Waals surface area (Å²) in [5.41, 5.74) is 3.68. The Morgan fingerprint density at radius 1 is 0.943 bits per heavy atom. The second kappa shape index (κ2) is 9.27. The molecule has 0 aliphatic carbocycles. The third-order valence-electron chi connectivity index (χ3n) is 6.24. The number of amides is 2. The Hall–Kier alpha value is -4.70. The van der Waals surface area contributed by atoms with Gasteiger partial charge in [-0.15, -0.1) is 0 Å². The number of nitrogens with zero attached hydrogens (tertiary/aromatic N) is 3. The largest absolute Gasteiger partial charge is 0.334 e. The second-order valence-electron chi connectivity index (χ2n) is 8.49. The summed E-state index contributed by atoms with van der Waals surface area (Å²) in [4.78, 5) is 41.1. The predicted molar refractivity (Wildman–Crippen MR) is 133 cm³/mol. The van der Waals surface area contributed by atoms with Gasteiger partial charge in [-0.25, -0.2) is 0 Å². The highest BCUT2D eigenvalue weighted by molar-refractivity contribution is 6.06. The summed E-state index contributed by atoms with van der Waals surface area (Å²) >= 11 is 0. The minimum absolute atomic E-state index is 0.197. The van der Waals surface area contributed by atoms with E-state index in [4.69, 9.17) is 5.26 Å². The average molecular weight is 463 g/mol. The molecule has 2 heterocycles. The Balaban J connectivity index is 1.44. The van der Waals surface area contributed by atoms with E-state index in [0.717, 1.165) is 12.0 Å². The number of benzene rings is 3. The molecule has 0 bridgehead atoms. The van der Waals surface area contributed by atoms with E-state index in [1.54, 1.807) is 47.4 Å². The Bertz CT molecular complexity index is 1560. The number of fused-ring (bicyclic) bond motifs is 2. The van der Waals surface area contributed by atoms with Crippen molar-refractivity contribution >= 4 is 28.4 Å². The number of aromatic nitrogens is 1. The topological polar surface area (TPSA) is 95.2 Å². The quantitative estimate of drug-likeness (QED) is 0.500. The minimum Gasteiger partial charge on any atom is -0.334 e. The van der Waals surface area contributed by atoms with Gasteiger partial charge in [-0.3, -0.25) is 19.0 Å². The number of para-hydroxylation sites is 1. The molecule has 1 aliphatic rings. The van der Waals surface area contributed by atoms with Gasteiger partial charge in [0.05, 0.1) is 22.7 Å². The maximum absolute atomic E-state index is 13.5. The number of nitriles is 1. The number of carbonyl (C=O) groups excluding carboxylic acids is 2. The number of hydrogen-bond donors (Lipinski definition) is 1. The molecule has 35 heavy (non-hydrogen) atoms. The predicted octanol–water partition coefficient (Wildman–Crippen LogP) is 3.71. The fourth-order valence-electron chi connectivity index (χ4n) is 4.52. The molecule has 5 rings (SSSR count). The molecule has 0 spiro atoms. The summed E-state index contributed by atoms with van der Waals surface area (Å²) in [7, 11) is 0. The van der Waals surface area contributed by atoms with Gasteiger partial charge in [0, 0.05) is 30.2 Å². The van der Waals surface area contributed by atoms with Crippen molar-refractivity contribution in [1.29, 1.82) is 5.26 Å². The van der Waals surface area contributed by atoms with Gasteiger partial charge in [0.25, 0.3) is 11.5 Å². The highest BCUT2D eigenvalue weighted by atomic mass is 16.2. The summed E-state index contributed by atoms with van der Waals surface area (Å²) in [5.74, 6) is -0.600. The molecule has 4 aromatic rings. The molecule has 7 nitrogen and oxygen atoms in total. The lowest BCUT2D eigenvalue weighted by molar-refractivity contribution is -0.116. The zero-order valence-corrected chi connectivity index (χ0v) is 18.9. The maximum atomic E-state index is 13.5. The van der Waals surface area contributed by atoms with Gasteiger partial charge in [-0.2, -0.15) is 5.26 Å². The molecule has 0 radical (unpaired) electrons. The zero-order chi connectivity index (χ0) is 24.4. The van der Waals surface area contributed by atoms with Gasteiger partial charge in [-0.05, 0) is 41.8 Å². The molecule has 172 valence electrons. The van der Waals surface area contributed by atoms with Crippen LogP contribution in [-0.2, 0) is 24.3 Å². The molecule has 0 saturated carbocycles. The van der Waals surface area contributed by atoms with Gasteiger partial charge in [0.2, 0.25) is 5.91 Å². The van der Waals surface area contributed by atoms with Gasteiger partial charge in [-0.1, -0.05) is 48.5 Å². The summed E-state index contributed by atoms with van der Waals surface area (Å²) in [6.07, 6.45) is 0.768. The van der Waals surface area contributed by atoms with Gasteiger partial charge in [0.15, 0.2) is 0 Å². The molecule has 0 fully saturated rings. The number of carbonyl (C=O) groups is 2. The van der Waals surface area contributed by atoms with Crippen molar-refractivity contribution in [2.75, 3.05) is 11.9 Å². The van der Waals surface area contributed by atoms with Gasteiger partial charge < -0.3 is 10.2 Å². The Morgan fingerprint density at radius 3 is 2.54 bits per heavy atom. The van der Waals surface area contributed by atoms with Crippen molar-refractivity contribution in [2.45, 2.75) is 19.5 Å². The van der Waals surface area contributed by atoms with Crippen LogP contribution in [0.2, 0.25) is 0 Å². The lowest BCUT2D eigenvalue weighted by Gasteiger charge is -2.29. The Labute approximate surface area is 201 Å². The highest BCUT2D eigenvalue weighted by Crippen LogP contribution is 2.23. The summed E-state index contributed by atoms with van der Waals surface area (Å²) in [5, 5.41) is 12.4. The lowest BCUT2D eigenvalue weighted by Crippen LogP contribution is -2.37. The Kier molecular flexibility index (Phi) is 5.86. The second-order valence-corrected chi connectivity index (χ2v) is 8.49. The first kappa shape index (κ1) is 22.1. The number of nitrogens with one attached hydrogen (secondary N) is 1. The van der Waals surface area contributed by atoms with Crippen LogP contribution in [0.3, 0.4) is 0 Å².